The molecule has 0 aliphatic rings. The van der Waals surface area contributed by atoms with Crippen LogP contribution in [0.5, 0.6) is 0 Å². The summed E-state index contributed by atoms with van der Waals surface area (Å²) in [7, 11) is 0. The Labute approximate surface area is 84.5 Å². The molecule has 15 heavy (non-hydrogen) atoms. The Morgan fingerprint density at radius 3 is 2.33 bits per heavy atom. The highest BCUT2D eigenvalue weighted by atomic mass is 19.3. The third-order valence-corrected chi connectivity index (χ3v) is 1.97. The summed E-state index contributed by atoms with van der Waals surface area (Å²) in [5.74, 6) is 0.466. The van der Waals surface area contributed by atoms with Crippen LogP contribution in [-0.4, -0.2) is 4.98 Å². The first-order valence-electron chi connectivity index (χ1n) is 4.26. The molecule has 0 spiro atoms. The van der Waals surface area contributed by atoms with Crippen molar-refractivity contribution in [3.8, 4) is 11.3 Å². The lowest BCUT2D eigenvalue weighted by Crippen LogP contribution is -1.83. The highest BCUT2D eigenvalue weighted by molar-refractivity contribution is 5.57. The summed E-state index contributed by atoms with van der Waals surface area (Å²) >= 11 is 0. The number of alkyl halides is 2. The van der Waals surface area contributed by atoms with Crippen LogP contribution in [0.4, 0.5) is 14.8 Å². The van der Waals surface area contributed by atoms with Gasteiger partial charge in [0.05, 0.1) is 6.20 Å². The maximum Gasteiger partial charge on any atom is 0.292 e. The summed E-state index contributed by atoms with van der Waals surface area (Å²) in [5, 5.41) is 0. The van der Waals surface area contributed by atoms with Gasteiger partial charge in [-0.05, 0) is 0 Å². The van der Waals surface area contributed by atoms with Crippen molar-refractivity contribution < 1.29 is 13.2 Å². The van der Waals surface area contributed by atoms with Crippen LogP contribution in [-0.2, 0) is 0 Å². The molecule has 2 N–H and O–H groups in total. The van der Waals surface area contributed by atoms with Crippen LogP contribution in [0, 0.1) is 0 Å². The highest BCUT2D eigenvalue weighted by Gasteiger charge is 2.08. The summed E-state index contributed by atoms with van der Waals surface area (Å²) in [6.45, 7) is 0. The maximum absolute atomic E-state index is 12.2. The van der Waals surface area contributed by atoms with Crippen LogP contribution in [0.15, 0.2) is 34.9 Å². The zero-order chi connectivity index (χ0) is 10.8. The van der Waals surface area contributed by atoms with E-state index in [1.807, 2.05) is 0 Å². The molecular weight excluding hydrogens is 202 g/mol. The number of halogens is 2. The van der Waals surface area contributed by atoms with E-state index in [-0.39, 0.29) is 11.6 Å². The number of aromatic nitrogens is 1. The highest BCUT2D eigenvalue weighted by Crippen LogP contribution is 2.24. The molecule has 0 radical (unpaired) electrons. The van der Waals surface area contributed by atoms with Gasteiger partial charge in [0, 0.05) is 11.1 Å². The zero-order valence-corrected chi connectivity index (χ0v) is 7.65. The first-order chi connectivity index (χ1) is 7.16. The number of nitrogen functional groups attached to an aromatic ring is 1. The summed E-state index contributed by atoms with van der Waals surface area (Å²) in [6, 6.07) is 5.84. The smallest absolute Gasteiger partial charge is 0.292 e. The van der Waals surface area contributed by atoms with E-state index in [1.165, 1.54) is 18.3 Å². The van der Waals surface area contributed by atoms with Crippen molar-refractivity contribution in [1.82, 2.24) is 4.98 Å². The fourth-order valence-electron chi connectivity index (χ4n) is 1.21. The molecular formula is C10H8F2N2O. The lowest BCUT2D eigenvalue weighted by Gasteiger charge is -2.00. The zero-order valence-electron chi connectivity index (χ0n) is 7.65. The number of anilines is 1. The van der Waals surface area contributed by atoms with Gasteiger partial charge in [0.25, 0.3) is 12.4 Å². The van der Waals surface area contributed by atoms with Crippen LogP contribution in [0.3, 0.4) is 0 Å². The standard InChI is InChI=1S/C10H8F2N2O/c11-9(12)7-3-1-6(2-4-7)8-5-14-10(13)15-8/h1-5,9H,(H2,13,14). The van der Waals surface area contributed by atoms with E-state index in [2.05, 4.69) is 4.98 Å². The van der Waals surface area contributed by atoms with Crippen LogP contribution in [0.2, 0.25) is 0 Å². The first kappa shape index (κ1) is 9.64. The van der Waals surface area contributed by atoms with Crippen molar-refractivity contribution in [3.05, 3.63) is 36.0 Å². The van der Waals surface area contributed by atoms with Gasteiger partial charge in [-0.25, -0.2) is 13.8 Å². The van der Waals surface area contributed by atoms with Gasteiger partial charge >= 0.3 is 0 Å². The summed E-state index contributed by atoms with van der Waals surface area (Å²) in [6.07, 6.45) is -1.01. The topological polar surface area (TPSA) is 52.0 Å². The Bertz CT molecular complexity index is 451. The quantitative estimate of drug-likeness (QED) is 0.829. The Hall–Kier alpha value is -1.91. The van der Waals surface area contributed by atoms with E-state index in [1.54, 1.807) is 12.1 Å². The Morgan fingerprint density at radius 1 is 1.20 bits per heavy atom. The minimum atomic E-state index is -2.46. The van der Waals surface area contributed by atoms with Gasteiger partial charge in [0.15, 0.2) is 5.76 Å². The third-order valence-electron chi connectivity index (χ3n) is 1.97. The summed E-state index contributed by atoms with van der Waals surface area (Å²) in [4.78, 5) is 3.71. The van der Waals surface area contributed by atoms with E-state index < -0.39 is 6.43 Å². The molecule has 0 fully saturated rings. The number of nitrogens with two attached hydrogens (primary N) is 1. The lowest BCUT2D eigenvalue weighted by atomic mass is 10.1. The molecule has 1 heterocycles. The van der Waals surface area contributed by atoms with Gasteiger partial charge in [-0.15, -0.1) is 0 Å². The third kappa shape index (κ3) is 1.96. The molecule has 2 aromatic rings. The van der Waals surface area contributed by atoms with Gasteiger partial charge in [-0.1, -0.05) is 24.3 Å². The number of hydrogen-bond acceptors (Lipinski definition) is 3. The average Bonchev–Trinajstić information content (AvgIpc) is 2.65. The van der Waals surface area contributed by atoms with E-state index in [0.29, 0.717) is 11.3 Å². The Kier molecular flexibility index (Phi) is 2.37. The maximum atomic E-state index is 12.2. The monoisotopic (exact) mass is 210 g/mol. The minimum absolute atomic E-state index is 0.0220. The predicted octanol–water partition coefficient (Wildman–Crippen LogP) is 2.86. The van der Waals surface area contributed by atoms with E-state index in [0.717, 1.165) is 0 Å². The molecule has 2 rings (SSSR count). The second-order valence-corrected chi connectivity index (χ2v) is 2.99. The molecule has 0 saturated carbocycles. The van der Waals surface area contributed by atoms with Crippen molar-refractivity contribution in [2.24, 2.45) is 0 Å². The molecule has 0 unspecified atom stereocenters. The van der Waals surface area contributed by atoms with Crippen molar-refractivity contribution in [2.45, 2.75) is 6.43 Å². The van der Waals surface area contributed by atoms with Crippen molar-refractivity contribution >= 4 is 6.01 Å². The molecule has 0 aliphatic carbocycles. The lowest BCUT2D eigenvalue weighted by molar-refractivity contribution is 0.151. The normalized spacial score (nSPS) is 10.9. The molecule has 5 heteroatoms. The molecule has 0 saturated heterocycles. The van der Waals surface area contributed by atoms with E-state index in [9.17, 15) is 8.78 Å². The SMILES string of the molecule is Nc1ncc(-c2ccc(C(F)F)cc2)o1. The van der Waals surface area contributed by atoms with Crippen LogP contribution >= 0.6 is 0 Å². The van der Waals surface area contributed by atoms with Gasteiger partial charge in [-0.2, -0.15) is 0 Å². The molecule has 1 aromatic heterocycles. The number of benzene rings is 1. The number of nitrogens with zero attached hydrogens (tertiary/aromatic N) is 1. The van der Waals surface area contributed by atoms with Crippen LogP contribution < -0.4 is 5.73 Å². The molecule has 3 nitrogen and oxygen atoms in total. The fraction of sp³-hybridized carbons (Fsp3) is 0.100. The summed E-state index contributed by atoms with van der Waals surface area (Å²) < 4.78 is 29.5. The fourth-order valence-corrected chi connectivity index (χ4v) is 1.21. The number of hydrogen-bond donors (Lipinski definition) is 1. The molecule has 1 aromatic carbocycles. The van der Waals surface area contributed by atoms with Gasteiger partial charge in [0.2, 0.25) is 0 Å². The predicted molar refractivity (Wildman–Crippen MR) is 51.3 cm³/mol. The molecule has 0 bridgehead atoms. The van der Waals surface area contributed by atoms with Crippen molar-refractivity contribution in [1.29, 1.82) is 0 Å². The summed E-state index contributed by atoms with van der Waals surface area (Å²) in [5.41, 5.74) is 5.94. The number of rotatable bonds is 2. The molecule has 78 valence electrons. The minimum Gasteiger partial charge on any atom is -0.424 e. The van der Waals surface area contributed by atoms with Crippen LogP contribution in [0.1, 0.15) is 12.0 Å². The van der Waals surface area contributed by atoms with E-state index in [4.69, 9.17) is 10.2 Å². The number of oxazole rings is 1. The molecule has 0 atom stereocenters. The average molecular weight is 210 g/mol. The van der Waals surface area contributed by atoms with Crippen LogP contribution in [0.25, 0.3) is 11.3 Å². The second-order valence-electron chi connectivity index (χ2n) is 2.99. The Balaban J connectivity index is 2.31. The van der Waals surface area contributed by atoms with E-state index >= 15 is 0 Å². The van der Waals surface area contributed by atoms with Gasteiger partial charge < -0.3 is 10.2 Å². The van der Waals surface area contributed by atoms with Crippen molar-refractivity contribution in [2.75, 3.05) is 5.73 Å². The van der Waals surface area contributed by atoms with Gasteiger partial charge in [0.1, 0.15) is 0 Å². The molecule has 0 aliphatic heterocycles. The van der Waals surface area contributed by atoms with Crippen molar-refractivity contribution in [3.63, 3.8) is 0 Å². The molecule has 0 amide bonds. The first-order valence-corrected chi connectivity index (χ1v) is 4.26. The largest absolute Gasteiger partial charge is 0.424 e. The van der Waals surface area contributed by atoms with Gasteiger partial charge in [-0.3, -0.25) is 0 Å². The second kappa shape index (κ2) is 3.68. The Morgan fingerprint density at radius 2 is 1.87 bits per heavy atom.